The van der Waals surface area contributed by atoms with Gasteiger partial charge in [0.05, 0.1) is 6.61 Å². The Kier molecular flexibility index (Phi) is 5.31. The summed E-state index contributed by atoms with van der Waals surface area (Å²) in [5.41, 5.74) is 3.31. The Morgan fingerprint density at radius 3 is 1.67 bits per heavy atom. The lowest BCUT2D eigenvalue weighted by Crippen LogP contribution is -2.61. The van der Waals surface area contributed by atoms with E-state index in [1.54, 1.807) is 0 Å². The van der Waals surface area contributed by atoms with Crippen LogP contribution in [0.4, 0.5) is 0 Å². The van der Waals surface area contributed by atoms with E-state index in [-0.39, 0.29) is 6.54 Å². The van der Waals surface area contributed by atoms with Gasteiger partial charge in [-0.25, -0.2) is 0 Å². The van der Waals surface area contributed by atoms with Crippen LogP contribution in [0.3, 0.4) is 0 Å². The maximum Gasteiger partial charge on any atom is 0.131 e. The van der Waals surface area contributed by atoms with Crippen molar-refractivity contribution >= 4 is 0 Å². The van der Waals surface area contributed by atoms with Crippen LogP contribution in [0.15, 0.2) is 0 Å². The number of hydrogen-bond acceptors (Lipinski definition) is 5. The zero-order chi connectivity index (χ0) is 9.72. The van der Waals surface area contributed by atoms with Gasteiger partial charge in [0.1, 0.15) is 31.0 Å². The predicted octanol–water partition coefficient (Wildman–Crippen LogP) is -4.34. The summed E-state index contributed by atoms with van der Waals surface area (Å²) < 4.78 is 0. The molecule has 0 unspecified atom stereocenters. The third kappa shape index (κ3) is 3.02. The molecule has 0 aromatic heterocycles. The highest BCUT2D eigenvalue weighted by molar-refractivity contribution is 4.79. The summed E-state index contributed by atoms with van der Waals surface area (Å²) in [6.07, 6.45) is -5.67. The van der Waals surface area contributed by atoms with Crippen LogP contribution >= 0.6 is 0 Å². The number of hydrogen-bond donors (Lipinski definition) is 6. The van der Waals surface area contributed by atoms with Crippen LogP contribution in [-0.2, 0) is 0 Å². The summed E-state index contributed by atoms with van der Waals surface area (Å²) in [5, 5.41) is 44.3. The molecule has 74 valence electrons. The molecule has 0 aliphatic heterocycles. The van der Waals surface area contributed by atoms with Crippen molar-refractivity contribution in [3.05, 3.63) is 0 Å². The summed E-state index contributed by atoms with van der Waals surface area (Å²) in [7, 11) is 0. The van der Waals surface area contributed by atoms with E-state index in [9.17, 15) is 0 Å². The molecule has 0 radical (unpaired) electrons. The second kappa shape index (κ2) is 5.41. The van der Waals surface area contributed by atoms with Crippen molar-refractivity contribution < 1.29 is 31.3 Å². The molecule has 12 heavy (non-hydrogen) atoms. The molecule has 0 heterocycles. The van der Waals surface area contributed by atoms with E-state index in [0.717, 1.165) is 0 Å². The van der Waals surface area contributed by atoms with E-state index in [2.05, 4.69) is 5.73 Å². The van der Waals surface area contributed by atoms with Crippen molar-refractivity contribution in [3.8, 4) is 0 Å². The molecule has 0 aliphatic carbocycles. The molecule has 0 rings (SSSR count). The summed E-state index contributed by atoms with van der Waals surface area (Å²) in [4.78, 5) is 0. The maximum absolute atomic E-state index is 9.08. The SMILES string of the molecule is [NH3+]C[C@@H](O)[C@H](O)[C@@H](O)[C@H](O)CO. The van der Waals surface area contributed by atoms with Gasteiger partial charge in [-0.15, -0.1) is 0 Å². The first-order valence-corrected chi connectivity index (χ1v) is 3.67. The normalized spacial score (nSPS) is 21.5. The average Bonchev–Trinajstić information content (AvgIpc) is 2.12. The summed E-state index contributed by atoms with van der Waals surface area (Å²) in [6.45, 7) is -0.640. The van der Waals surface area contributed by atoms with Crippen molar-refractivity contribution in [2.45, 2.75) is 24.4 Å². The van der Waals surface area contributed by atoms with Crippen LogP contribution < -0.4 is 5.73 Å². The molecule has 6 heteroatoms. The molecule has 8 N–H and O–H groups in total. The molecule has 6 nitrogen and oxygen atoms in total. The third-order valence-electron chi connectivity index (χ3n) is 1.62. The average molecular weight is 182 g/mol. The van der Waals surface area contributed by atoms with Gasteiger partial charge < -0.3 is 31.3 Å². The smallest absolute Gasteiger partial charge is 0.131 e. The fraction of sp³-hybridized carbons (Fsp3) is 1.00. The lowest BCUT2D eigenvalue weighted by Gasteiger charge is -2.23. The maximum atomic E-state index is 9.08. The third-order valence-corrected chi connectivity index (χ3v) is 1.62. The summed E-state index contributed by atoms with van der Waals surface area (Å²) in [5.74, 6) is 0. The molecule has 4 atom stereocenters. The van der Waals surface area contributed by atoms with Crippen LogP contribution in [0, 0.1) is 0 Å². The second-order valence-corrected chi connectivity index (χ2v) is 2.59. The lowest BCUT2D eigenvalue weighted by atomic mass is 10.0. The van der Waals surface area contributed by atoms with Gasteiger partial charge >= 0.3 is 0 Å². The number of aliphatic hydroxyl groups excluding tert-OH is 5. The fourth-order valence-electron chi connectivity index (χ4n) is 0.734. The van der Waals surface area contributed by atoms with Crippen molar-refractivity contribution in [1.82, 2.24) is 0 Å². The Hall–Kier alpha value is -0.240. The quantitative estimate of drug-likeness (QED) is 0.256. The molecule has 0 bridgehead atoms. The zero-order valence-electron chi connectivity index (χ0n) is 6.67. The Balaban J connectivity index is 3.99. The topological polar surface area (TPSA) is 129 Å². The van der Waals surface area contributed by atoms with Gasteiger partial charge in [0.25, 0.3) is 0 Å². The Labute approximate surface area is 69.9 Å². The van der Waals surface area contributed by atoms with E-state index >= 15 is 0 Å². The summed E-state index contributed by atoms with van der Waals surface area (Å²) >= 11 is 0. The predicted molar refractivity (Wildman–Crippen MR) is 38.9 cm³/mol. The standard InChI is InChI=1S/C6H15NO5/c7-1-3(9)5(11)6(12)4(10)2-8/h3-6,8-12H,1-2,7H2/p+1/t3-,4-,5+,6+/m1/s1. The Morgan fingerprint density at radius 2 is 1.33 bits per heavy atom. The molecule has 0 aliphatic rings. The minimum atomic E-state index is -1.55. The van der Waals surface area contributed by atoms with E-state index in [0.29, 0.717) is 0 Å². The molecule has 0 aromatic carbocycles. The first-order valence-electron chi connectivity index (χ1n) is 3.67. The zero-order valence-corrected chi connectivity index (χ0v) is 6.67. The van der Waals surface area contributed by atoms with Crippen LogP contribution in [0.1, 0.15) is 0 Å². The lowest BCUT2D eigenvalue weighted by molar-refractivity contribution is -0.390. The van der Waals surface area contributed by atoms with Crippen molar-refractivity contribution in [2.24, 2.45) is 0 Å². The van der Waals surface area contributed by atoms with Crippen molar-refractivity contribution in [2.75, 3.05) is 13.2 Å². The molecule has 0 spiro atoms. The molecule has 0 fully saturated rings. The highest BCUT2D eigenvalue weighted by Gasteiger charge is 2.29. The van der Waals surface area contributed by atoms with Gasteiger partial charge in [0, 0.05) is 0 Å². The van der Waals surface area contributed by atoms with E-state index in [1.165, 1.54) is 0 Å². The first kappa shape index (κ1) is 11.8. The van der Waals surface area contributed by atoms with Gasteiger partial charge in [0.15, 0.2) is 0 Å². The molecule has 0 aromatic rings. The van der Waals surface area contributed by atoms with Crippen molar-refractivity contribution in [1.29, 1.82) is 0 Å². The summed E-state index contributed by atoms with van der Waals surface area (Å²) in [6, 6.07) is 0. The Morgan fingerprint density at radius 1 is 0.917 bits per heavy atom. The first-order chi connectivity index (χ1) is 5.54. The monoisotopic (exact) mass is 182 g/mol. The van der Waals surface area contributed by atoms with Crippen molar-refractivity contribution in [3.63, 3.8) is 0 Å². The highest BCUT2D eigenvalue weighted by atomic mass is 16.4. The van der Waals surface area contributed by atoms with Crippen LogP contribution in [0.2, 0.25) is 0 Å². The number of quaternary nitrogens is 1. The van der Waals surface area contributed by atoms with Gasteiger partial charge in [-0.05, 0) is 0 Å². The van der Waals surface area contributed by atoms with E-state index in [1.807, 2.05) is 0 Å². The van der Waals surface area contributed by atoms with Gasteiger partial charge in [-0.2, -0.15) is 0 Å². The minimum Gasteiger partial charge on any atom is -0.394 e. The minimum absolute atomic E-state index is 0.0242. The second-order valence-electron chi connectivity index (χ2n) is 2.59. The largest absolute Gasteiger partial charge is 0.394 e. The van der Waals surface area contributed by atoms with Crippen LogP contribution in [0.5, 0.6) is 0 Å². The number of rotatable bonds is 5. The molecule has 0 amide bonds. The van der Waals surface area contributed by atoms with Gasteiger partial charge in [-0.3, -0.25) is 0 Å². The van der Waals surface area contributed by atoms with Gasteiger partial charge in [-0.1, -0.05) is 0 Å². The Bertz CT molecular complexity index is 109. The molecular weight excluding hydrogens is 166 g/mol. The molecule has 0 saturated carbocycles. The van der Waals surface area contributed by atoms with E-state index < -0.39 is 31.0 Å². The molecular formula is C6H16NO5+. The molecule has 0 saturated heterocycles. The van der Waals surface area contributed by atoms with Gasteiger partial charge in [0.2, 0.25) is 0 Å². The van der Waals surface area contributed by atoms with E-state index in [4.69, 9.17) is 25.5 Å². The fourth-order valence-corrected chi connectivity index (χ4v) is 0.734. The number of aliphatic hydroxyl groups is 5. The van der Waals surface area contributed by atoms with Crippen LogP contribution in [0.25, 0.3) is 0 Å². The highest BCUT2D eigenvalue weighted by Crippen LogP contribution is 2.03. The van der Waals surface area contributed by atoms with Crippen LogP contribution in [-0.4, -0.2) is 63.1 Å².